The lowest BCUT2D eigenvalue weighted by Crippen LogP contribution is -2.12. The fourth-order valence-electron chi connectivity index (χ4n) is 4.44. The van der Waals surface area contributed by atoms with Crippen molar-refractivity contribution < 1.29 is 13.2 Å². The number of hydrogen-bond acceptors (Lipinski definition) is 4. The zero-order chi connectivity index (χ0) is 25.1. The molecule has 0 fully saturated rings. The van der Waals surface area contributed by atoms with Crippen LogP contribution < -0.4 is 5.32 Å². The lowest BCUT2D eigenvalue weighted by atomic mass is 10.1. The van der Waals surface area contributed by atoms with E-state index >= 15 is 0 Å². The van der Waals surface area contributed by atoms with Crippen molar-refractivity contribution >= 4 is 32.5 Å². The van der Waals surface area contributed by atoms with Crippen molar-refractivity contribution in [3.8, 4) is 0 Å². The minimum atomic E-state index is -3.58. The predicted molar refractivity (Wildman–Crippen MR) is 143 cm³/mol. The lowest BCUT2D eigenvalue weighted by molar-refractivity contribution is -0.114. The summed E-state index contributed by atoms with van der Waals surface area (Å²) in [6.07, 6.45) is 12.6. The molecule has 3 aromatic rings. The summed E-state index contributed by atoms with van der Waals surface area (Å²) < 4.78 is 28.4. The monoisotopic (exact) mass is 497 g/mol. The van der Waals surface area contributed by atoms with Gasteiger partial charge in [-0.2, -0.15) is 0 Å². The van der Waals surface area contributed by atoms with Crippen molar-refractivity contribution in [1.29, 1.82) is 0 Å². The molecule has 2 aromatic carbocycles. The summed E-state index contributed by atoms with van der Waals surface area (Å²) in [5.74, 6) is 0.230. The van der Waals surface area contributed by atoms with Gasteiger partial charge in [-0.3, -0.25) is 4.79 Å². The van der Waals surface area contributed by atoms with Gasteiger partial charge in [-0.15, -0.1) is 0 Å². The van der Waals surface area contributed by atoms with Crippen molar-refractivity contribution in [3.05, 3.63) is 54.4 Å². The number of anilines is 1. The van der Waals surface area contributed by atoms with Crippen LogP contribution in [-0.4, -0.2) is 23.9 Å². The number of sulfone groups is 1. The van der Waals surface area contributed by atoms with Crippen LogP contribution in [0.15, 0.2) is 53.4 Å². The Balaban J connectivity index is 1.61. The summed E-state index contributed by atoms with van der Waals surface area (Å²) in [5, 5.41) is 2.66. The van der Waals surface area contributed by atoms with Crippen LogP contribution in [-0.2, 0) is 26.9 Å². The fraction of sp³-hybridized carbons (Fsp3) is 0.500. The molecule has 0 bridgehead atoms. The van der Waals surface area contributed by atoms with E-state index in [1.165, 1.54) is 70.4 Å². The summed E-state index contributed by atoms with van der Waals surface area (Å²) in [5.41, 5.74) is 2.38. The molecular weight excluding hydrogens is 458 g/mol. The highest BCUT2D eigenvalue weighted by Gasteiger charge is 2.20. The van der Waals surface area contributed by atoms with E-state index < -0.39 is 9.84 Å². The van der Waals surface area contributed by atoms with Gasteiger partial charge in [0.1, 0.15) is 11.6 Å². The molecule has 0 aliphatic carbocycles. The van der Waals surface area contributed by atoms with Crippen LogP contribution in [0.2, 0.25) is 0 Å². The summed E-state index contributed by atoms with van der Waals surface area (Å²) in [7, 11) is -3.58. The summed E-state index contributed by atoms with van der Waals surface area (Å²) in [6.45, 7) is 4.43. The number of amides is 1. The molecular formula is C28H39N3O3S. The first-order valence-corrected chi connectivity index (χ1v) is 14.6. The summed E-state index contributed by atoms with van der Waals surface area (Å²) in [4.78, 5) is 16.1. The summed E-state index contributed by atoms with van der Waals surface area (Å²) >= 11 is 0. The van der Waals surface area contributed by atoms with Gasteiger partial charge in [-0.25, -0.2) is 13.4 Å². The standard InChI is InChI=1S/C28H39N3O3S/c1-3-4-5-6-7-8-9-10-11-14-21-31-27-16-13-12-15-26(27)30-28(31)22-35(33,34)25-19-17-24(18-20-25)29-23(2)32/h12-13,15-20H,3-11,14,21-22H2,1-2H3,(H,29,32). The van der Waals surface area contributed by atoms with Crippen LogP contribution in [0.1, 0.15) is 83.9 Å². The van der Waals surface area contributed by atoms with E-state index in [4.69, 9.17) is 0 Å². The number of nitrogens with one attached hydrogen (secondary N) is 1. The molecule has 0 saturated heterocycles. The Morgan fingerprint density at radius 2 is 1.46 bits per heavy atom. The number of benzene rings is 2. The molecule has 0 spiro atoms. The minimum absolute atomic E-state index is 0.154. The Morgan fingerprint density at radius 1 is 0.857 bits per heavy atom. The number of carbonyl (C=O) groups excluding carboxylic acids is 1. The first-order chi connectivity index (χ1) is 16.9. The number of imidazole rings is 1. The van der Waals surface area contributed by atoms with Crippen LogP contribution in [0, 0.1) is 0 Å². The number of rotatable bonds is 15. The normalized spacial score (nSPS) is 11.7. The van der Waals surface area contributed by atoms with Crippen LogP contribution in [0.3, 0.4) is 0 Å². The van der Waals surface area contributed by atoms with Gasteiger partial charge in [0.25, 0.3) is 0 Å². The van der Waals surface area contributed by atoms with Crippen LogP contribution in [0.25, 0.3) is 11.0 Å². The SMILES string of the molecule is CCCCCCCCCCCCn1c(CS(=O)(=O)c2ccc(NC(C)=O)cc2)nc2ccccc21. The average Bonchev–Trinajstić information content (AvgIpc) is 3.16. The molecule has 0 saturated carbocycles. The van der Waals surface area contributed by atoms with Crippen LogP contribution in [0.4, 0.5) is 5.69 Å². The van der Waals surface area contributed by atoms with E-state index in [2.05, 4.69) is 21.8 Å². The number of aryl methyl sites for hydroxylation is 1. The third-order valence-electron chi connectivity index (χ3n) is 6.32. The molecule has 0 unspecified atom stereocenters. The molecule has 0 aliphatic rings. The maximum Gasteiger partial charge on any atom is 0.221 e. The smallest absolute Gasteiger partial charge is 0.221 e. The molecule has 1 amide bonds. The van der Waals surface area contributed by atoms with Crippen molar-refractivity contribution in [2.45, 2.75) is 95.2 Å². The molecule has 1 aromatic heterocycles. The number of nitrogens with zero attached hydrogens (tertiary/aromatic N) is 2. The van der Waals surface area contributed by atoms with Gasteiger partial charge >= 0.3 is 0 Å². The third kappa shape index (κ3) is 8.20. The summed E-state index contributed by atoms with van der Waals surface area (Å²) in [6, 6.07) is 14.1. The van der Waals surface area contributed by atoms with Gasteiger partial charge in [0.15, 0.2) is 9.84 Å². The molecule has 190 valence electrons. The van der Waals surface area contributed by atoms with E-state index in [-0.39, 0.29) is 16.6 Å². The molecule has 0 atom stereocenters. The van der Waals surface area contributed by atoms with E-state index in [9.17, 15) is 13.2 Å². The number of unbranched alkanes of at least 4 members (excludes halogenated alkanes) is 9. The minimum Gasteiger partial charge on any atom is -0.327 e. The first kappa shape index (κ1) is 26.9. The maximum atomic E-state index is 13.2. The van der Waals surface area contributed by atoms with Crippen LogP contribution in [0.5, 0.6) is 0 Å². The van der Waals surface area contributed by atoms with Crippen molar-refractivity contribution in [2.24, 2.45) is 0 Å². The Kier molecular flexibility index (Phi) is 10.3. The average molecular weight is 498 g/mol. The molecule has 7 heteroatoms. The molecule has 35 heavy (non-hydrogen) atoms. The zero-order valence-corrected chi connectivity index (χ0v) is 21.9. The topological polar surface area (TPSA) is 81.1 Å². The third-order valence-corrected chi connectivity index (χ3v) is 7.95. The number of hydrogen-bond donors (Lipinski definition) is 1. The Morgan fingerprint density at radius 3 is 2.09 bits per heavy atom. The molecule has 1 N–H and O–H groups in total. The van der Waals surface area contributed by atoms with E-state index in [1.54, 1.807) is 12.1 Å². The van der Waals surface area contributed by atoms with E-state index in [0.717, 1.165) is 30.4 Å². The van der Waals surface area contributed by atoms with Gasteiger partial charge in [0.2, 0.25) is 5.91 Å². The first-order valence-electron chi connectivity index (χ1n) is 13.0. The second kappa shape index (κ2) is 13.4. The highest BCUT2D eigenvalue weighted by molar-refractivity contribution is 7.90. The van der Waals surface area contributed by atoms with Gasteiger partial charge in [0, 0.05) is 19.2 Å². The van der Waals surface area contributed by atoms with E-state index in [1.807, 2.05) is 24.3 Å². The van der Waals surface area contributed by atoms with Crippen LogP contribution >= 0.6 is 0 Å². The molecule has 1 heterocycles. The molecule has 0 radical (unpaired) electrons. The predicted octanol–water partition coefficient (Wildman–Crippen LogP) is 6.89. The largest absolute Gasteiger partial charge is 0.327 e. The zero-order valence-electron chi connectivity index (χ0n) is 21.1. The second-order valence-corrected chi connectivity index (χ2v) is 11.3. The second-order valence-electron chi connectivity index (χ2n) is 9.32. The number of para-hydroxylation sites is 2. The highest BCUT2D eigenvalue weighted by Crippen LogP contribution is 2.23. The van der Waals surface area contributed by atoms with Gasteiger partial charge in [-0.1, -0.05) is 76.8 Å². The highest BCUT2D eigenvalue weighted by atomic mass is 32.2. The molecule has 3 rings (SSSR count). The Bertz CT molecular complexity index is 1180. The van der Waals surface area contributed by atoms with Gasteiger partial charge < -0.3 is 9.88 Å². The maximum absolute atomic E-state index is 13.2. The quantitative estimate of drug-likeness (QED) is 0.232. The lowest BCUT2D eigenvalue weighted by Gasteiger charge is -2.11. The van der Waals surface area contributed by atoms with Crippen molar-refractivity contribution in [3.63, 3.8) is 0 Å². The molecule has 0 aliphatic heterocycles. The van der Waals surface area contributed by atoms with Gasteiger partial charge in [-0.05, 0) is 42.8 Å². The fourth-order valence-corrected chi connectivity index (χ4v) is 5.72. The number of fused-ring (bicyclic) bond motifs is 1. The number of aromatic nitrogens is 2. The molecule has 6 nitrogen and oxygen atoms in total. The van der Waals surface area contributed by atoms with E-state index in [0.29, 0.717) is 11.5 Å². The Labute approximate surface area is 210 Å². The Hall–Kier alpha value is -2.67. The van der Waals surface area contributed by atoms with Gasteiger partial charge in [0.05, 0.1) is 15.9 Å². The number of carbonyl (C=O) groups is 1. The van der Waals surface area contributed by atoms with Crippen molar-refractivity contribution in [1.82, 2.24) is 9.55 Å². The van der Waals surface area contributed by atoms with Crippen molar-refractivity contribution in [2.75, 3.05) is 5.32 Å².